The van der Waals surface area contributed by atoms with Gasteiger partial charge in [-0.15, -0.1) is 0 Å². The Kier molecular flexibility index (Phi) is 2.13. The van der Waals surface area contributed by atoms with E-state index in [0.29, 0.717) is 17.9 Å². The number of carbonyl (C=O) groups excluding carboxylic acids is 1. The summed E-state index contributed by atoms with van der Waals surface area (Å²) in [6.07, 6.45) is 0. The molecule has 0 radical (unpaired) electrons. The number of benzene rings is 1. The average molecular weight is 193 g/mol. The van der Waals surface area contributed by atoms with E-state index in [1.807, 2.05) is 6.07 Å². The molecule has 74 valence electrons. The molecule has 0 saturated heterocycles. The second kappa shape index (κ2) is 3.31. The van der Waals surface area contributed by atoms with Crippen LogP contribution >= 0.6 is 0 Å². The summed E-state index contributed by atoms with van der Waals surface area (Å²) in [7, 11) is 1.34. The highest BCUT2D eigenvalue weighted by molar-refractivity contribution is 5.93. The van der Waals surface area contributed by atoms with E-state index >= 15 is 0 Å². The lowest BCUT2D eigenvalue weighted by atomic mass is 10.1. The quantitative estimate of drug-likeness (QED) is 0.672. The molecule has 0 fully saturated rings. The van der Waals surface area contributed by atoms with Gasteiger partial charge in [-0.3, -0.25) is 0 Å². The Morgan fingerprint density at radius 2 is 2.43 bits per heavy atom. The molecular weight excluding hydrogens is 182 g/mol. The molecule has 0 aliphatic carbocycles. The molecule has 0 bridgehead atoms. The first-order valence-electron chi connectivity index (χ1n) is 4.33. The van der Waals surface area contributed by atoms with Gasteiger partial charge in [0.1, 0.15) is 17.9 Å². The summed E-state index contributed by atoms with van der Waals surface area (Å²) in [5.74, 6) is 0.169. The molecule has 1 aliphatic rings. The lowest BCUT2D eigenvalue weighted by molar-refractivity contribution is 0.0597. The first-order valence-corrected chi connectivity index (χ1v) is 4.33. The molecule has 2 N–H and O–H groups in total. The van der Waals surface area contributed by atoms with Crippen LogP contribution in [0.1, 0.15) is 22.0 Å². The third-order valence-electron chi connectivity index (χ3n) is 2.26. The van der Waals surface area contributed by atoms with Crippen LogP contribution in [0.3, 0.4) is 0 Å². The van der Waals surface area contributed by atoms with Crippen molar-refractivity contribution in [1.82, 2.24) is 0 Å². The van der Waals surface area contributed by atoms with Gasteiger partial charge in [-0.25, -0.2) is 4.79 Å². The van der Waals surface area contributed by atoms with Crippen LogP contribution in [0.25, 0.3) is 0 Å². The zero-order valence-electron chi connectivity index (χ0n) is 7.82. The van der Waals surface area contributed by atoms with Gasteiger partial charge in [0.2, 0.25) is 0 Å². The van der Waals surface area contributed by atoms with Gasteiger partial charge in [0, 0.05) is 5.56 Å². The minimum absolute atomic E-state index is 0.144. The van der Waals surface area contributed by atoms with Gasteiger partial charge in [-0.2, -0.15) is 0 Å². The summed E-state index contributed by atoms with van der Waals surface area (Å²) in [5, 5.41) is 0. The normalized spacial score (nSPS) is 18.6. The molecule has 0 saturated carbocycles. The van der Waals surface area contributed by atoms with Gasteiger partial charge in [-0.1, -0.05) is 12.1 Å². The van der Waals surface area contributed by atoms with Gasteiger partial charge in [0.25, 0.3) is 0 Å². The summed E-state index contributed by atoms with van der Waals surface area (Å²) in [4.78, 5) is 11.3. The smallest absolute Gasteiger partial charge is 0.341 e. The second-order valence-electron chi connectivity index (χ2n) is 3.13. The number of esters is 1. The van der Waals surface area contributed by atoms with Crippen LogP contribution in [0.15, 0.2) is 18.2 Å². The van der Waals surface area contributed by atoms with Crippen molar-refractivity contribution < 1.29 is 14.3 Å². The summed E-state index contributed by atoms with van der Waals surface area (Å²) < 4.78 is 9.98. The fraction of sp³-hybridized carbons (Fsp3) is 0.300. The van der Waals surface area contributed by atoms with Gasteiger partial charge < -0.3 is 15.2 Å². The van der Waals surface area contributed by atoms with E-state index < -0.39 is 5.97 Å². The highest BCUT2D eigenvalue weighted by Crippen LogP contribution is 2.34. The highest BCUT2D eigenvalue weighted by Gasteiger charge is 2.25. The van der Waals surface area contributed by atoms with Crippen molar-refractivity contribution >= 4 is 5.97 Å². The molecule has 1 aromatic carbocycles. The Labute approximate surface area is 81.6 Å². The molecule has 14 heavy (non-hydrogen) atoms. The van der Waals surface area contributed by atoms with Crippen molar-refractivity contribution in [2.75, 3.05) is 13.7 Å². The van der Waals surface area contributed by atoms with E-state index in [1.54, 1.807) is 12.1 Å². The lowest BCUT2D eigenvalue weighted by Crippen LogP contribution is -2.10. The molecule has 0 amide bonds. The van der Waals surface area contributed by atoms with Gasteiger partial charge in [-0.05, 0) is 6.07 Å². The van der Waals surface area contributed by atoms with E-state index in [9.17, 15) is 4.79 Å². The highest BCUT2D eigenvalue weighted by atomic mass is 16.5. The SMILES string of the molecule is COC(=O)c1cccc2c1OC[C@H]2N. The number of hydrogen-bond acceptors (Lipinski definition) is 4. The summed E-state index contributed by atoms with van der Waals surface area (Å²) in [5.41, 5.74) is 7.09. The molecule has 4 nitrogen and oxygen atoms in total. The van der Waals surface area contributed by atoms with E-state index in [-0.39, 0.29) is 6.04 Å². The van der Waals surface area contributed by atoms with Crippen molar-refractivity contribution in [3.8, 4) is 5.75 Å². The van der Waals surface area contributed by atoms with Crippen molar-refractivity contribution in [3.05, 3.63) is 29.3 Å². The fourth-order valence-corrected chi connectivity index (χ4v) is 1.54. The Morgan fingerprint density at radius 3 is 3.14 bits per heavy atom. The van der Waals surface area contributed by atoms with Gasteiger partial charge in [0.15, 0.2) is 0 Å². The number of fused-ring (bicyclic) bond motifs is 1. The number of rotatable bonds is 1. The minimum Gasteiger partial charge on any atom is -0.490 e. The largest absolute Gasteiger partial charge is 0.490 e. The molecular formula is C10H11NO3. The van der Waals surface area contributed by atoms with E-state index in [0.717, 1.165) is 5.56 Å². The Morgan fingerprint density at radius 1 is 1.64 bits per heavy atom. The second-order valence-corrected chi connectivity index (χ2v) is 3.13. The van der Waals surface area contributed by atoms with Crippen molar-refractivity contribution in [2.24, 2.45) is 5.73 Å². The predicted octanol–water partition coefficient (Wildman–Crippen LogP) is 0.865. The first-order chi connectivity index (χ1) is 6.74. The van der Waals surface area contributed by atoms with Crippen molar-refractivity contribution in [3.63, 3.8) is 0 Å². The van der Waals surface area contributed by atoms with Gasteiger partial charge in [0.05, 0.1) is 13.2 Å². The molecule has 1 heterocycles. The molecule has 0 spiro atoms. The number of hydrogen-bond donors (Lipinski definition) is 1. The number of methoxy groups -OCH3 is 1. The summed E-state index contributed by atoms with van der Waals surface area (Å²) >= 11 is 0. The van der Waals surface area contributed by atoms with Crippen LogP contribution < -0.4 is 10.5 Å². The maximum atomic E-state index is 11.3. The van der Waals surface area contributed by atoms with E-state index in [1.165, 1.54) is 7.11 Å². The number of nitrogens with two attached hydrogens (primary N) is 1. The molecule has 4 heteroatoms. The lowest BCUT2D eigenvalue weighted by Gasteiger charge is -2.05. The van der Waals surface area contributed by atoms with Crippen molar-refractivity contribution in [1.29, 1.82) is 0 Å². The standard InChI is InChI=1S/C10H11NO3/c1-13-10(12)7-4-2-3-6-8(11)5-14-9(6)7/h2-4,8H,5,11H2,1H3/t8-/m1/s1. The number of carbonyl (C=O) groups is 1. The zero-order chi connectivity index (χ0) is 10.1. The number of para-hydroxylation sites is 1. The summed E-state index contributed by atoms with van der Waals surface area (Å²) in [6.45, 7) is 0.420. The molecule has 0 aromatic heterocycles. The maximum Gasteiger partial charge on any atom is 0.341 e. The minimum atomic E-state index is -0.393. The predicted molar refractivity (Wildman–Crippen MR) is 50.2 cm³/mol. The zero-order valence-corrected chi connectivity index (χ0v) is 7.82. The monoisotopic (exact) mass is 193 g/mol. The Bertz CT molecular complexity index is 376. The maximum absolute atomic E-state index is 11.3. The Balaban J connectivity index is 2.49. The first kappa shape index (κ1) is 9.02. The molecule has 1 aromatic rings. The van der Waals surface area contributed by atoms with Crippen LogP contribution in [-0.4, -0.2) is 19.7 Å². The molecule has 2 rings (SSSR count). The third kappa shape index (κ3) is 1.24. The average Bonchev–Trinajstić information content (AvgIpc) is 2.59. The topological polar surface area (TPSA) is 61.5 Å². The van der Waals surface area contributed by atoms with E-state index in [2.05, 4.69) is 4.74 Å². The molecule has 1 aliphatic heterocycles. The van der Waals surface area contributed by atoms with Crippen LogP contribution in [-0.2, 0) is 4.74 Å². The third-order valence-corrected chi connectivity index (χ3v) is 2.26. The van der Waals surface area contributed by atoms with Crippen molar-refractivity contribution in [2.45, 2.75) is 6.04 Å². The van der Waals surface area contributed by atoms with E-state index in [4.69, 9.17) is 10.5 Å². The molecule has 0 unspecified atom stereocenters. The summed E-state index contributed by atoms with van der Waals surface area (Å²) in [6, 6.07) is 5.16. The van der Waals surface area contributed by atoms with Crippen LogP contribution in [0, 0.1) is 0 Å². The Hall–Kier alpha value is -1.55. The number of ether oxygens (including phenoxy) is 2. The van der Waals surface area contributed by atoms with Crippen LogP contribution in [0.2, 0.25) is 0 Å². The van der Waals surface area contributed by atoms with Crippen LogP contribution in [0.4, 0.5) is 0 Å². The fourth-order valence-electron chi connectivity index (χ4n) is 1.54. The van der Waals surface area contributed by atoms with Crippen LogP contribution in [0.5, 0.6) is 5.75 Å². The molecule has 1 atom stereocenters. The van der Waals surface area contributed by atoms with Gasteiger partial charge >= 0.3 is 5.97 Å².